The highest BCUT2D eigenvalue weighted by molar-refractivity contribution is 6.26. The molecule has 4 rings (SSSR count). The van der Waals surface area contributed by atoms with Crippen molar-refractivity contribution in [2.75, 3.05) is 6.54 Å². The minimum Gasteiger partial charge on any atom is -0.352 e. The average Bonchev–Trinajstić information content (AvgIpc) is 2.64. The van der Waals surface area contributed by atoms with Crippen molar-refractivity contribution >= 4 is 28.5 Å². The van der Waals surface area contributed by atoms with Crippen molar-refractivity contribution in [3.63, 3.8) is 0 Å². The van der Waals surface area contributed by atoms with E-state index in [1.807, 2.05) is 12.1 Å². The number of rotatable bonds is 3. The molecule has 3 amide bonds. The molecule has 5 nitrogen and oxygen atoms in total. The lowest BCUT2D eigenvalue weighted by molar-refractivity contribution is -0.122. The van der Waals surface area contributed by atoms with Crippen molar-refractivity contribution in [2.45, 2.75) is 38.1 Å². The Hall–Kier alpha value is -2.69. The van der Waals surface area contributed by atoms with Gasteiger partial charge in [0.1, 0.15) is 6.54 Å². The van der Waals surface area contributed by atoms with Crippen LogP contribution in [0.25, 0.3) is 10.8 Å². The van der Waals surface area contributed by atoms with Crippen molar-refractivity contribution < 1.29 is 14.4 Å². The van der Waals surface area contributed by atoms with Gasteiger partial charge >= 0.3 is 0 Å². The third kappa shape index (κ3) is 2.80. The standard InChI is InChI=1S/C20H20N2O3/c23-17(21-14-8-2-1-3-9-14)12-22-19(24)15-10-4-6-13-7-5-11-16(18(13)15)20(22)25/h4-7,10-11,14H,1-3,8-9,12H2,(H,21,23). The van der Waals surface area contributed by atoms with Crippen LogP contribution in [0.1, 0.15) is 52.8 Å². The smallest absolute Gasteiger partial charge is 0.261 e. The van der Waals surface area contributed by atoms with Gasteiger partial charge in [-0.3, -0.25) is 19.3 Å². The number of amides is 3. The van der Waals surface area contributed by atoms with E-state index in [-0.39, 0.29) is 18.5 Å². The maximum atomic E-state index is 12.8. The maximum absolute atomic E-state index is 12.8. The molecule has 1 aliphatic heterocycles. The molecule has 0 unspecified atom stereocenters. The Balaban J connectivity index is 1.58. The Morgan fingerprint density at radius 1 is 0.960 bits per heavy atom. The van der Waals surface area contributed by atoms with Crippen molar-refractivity contribution in [3.8, 4) is 0 Å². The fourth-order valence-electron chi connectivity index (χ4n) is 3.89. The summed E-state index contributed by atoms with van der Waals surface area (Å²) in [5.41, 5.74) is 0.969. The van der Waals surface area contributed by atoms with Gasteiger partial charge in [-0.25, -0.2) is 0 Å². The van der Waals surface area contributed by atoms with Crippen LogP contribution in [0, 0.1) is 0 Å². The van der Waals surface area contributed by atoms with Gasteiger partial charge in [0.05, 0.1) is 0 Å². The number of nitrogens with zero attached hydrogens (tertiary/aromatic N) is 1. The average molecular weight is 336 g/mol. The van der Waals surface area contributed by atoms with Crippen molar-refractivity contribution in [1.82, 2.24) is 10.2 Å². The number of nitrogens with one attached hydrogen (secondary N) is 1. The summed E-state index contributed by atoms with van der Waals surface area (Å²) >= 11 is 0. The minimum absolute atomic E-state index is 0.159. The lowest BCUT2D eigenvalue weighted by atomic mass is 9.94. The summed E-state index contributed by atoms with van der Waals surface area (Å²) in [5.74, 6) is -1.05. The molecule has 1 aliphatic carbocycles. The fourth-order valence-corrected chi connectivity index (χ4v) is 3.89. The molecule has 2 aliphatic rings. The Morgan fingerprint density at radius 2 is 1.56 bits per heavy atom. The molecule has 1 N–H and O–H groups in total. The summed E-state index contributed by atoms with van der Waals surface area (Å²) in [6.45, 7) is -0.223. The van der Waals surface area contributed by atoms with Gasteiger partial charge in [-0.1, -0.05) is 43.5 Å². The summed E-state index contributed by atoms with van der Waals surface area (Å²) in [7, 11) is 0. The molecule has 1 saturated carbocycles. The Labute approximate surface area is 146 Å². The molecule has 5 heteroatoms. The lowest BCUT2D eigenvalue weighted by Crippen LogP contribution is -2.48. The molecule has 2 aromatic carbocycles. The third-order valence-corrected chi connectivity index (χ3v) is 5.13. The molecular formula is C20H20N2O3. The van der Waals surface area contributed by atoms with E-state index < -0.39 is 11.8 Å². The first kappa shape index (κ1) is 15.8. The number of imide groups is 1. The van der Waals surface area contributed by atoms with Crippen LogP contribution in [0.4, 0.5) is 0 Å². The van der Waals surface area contributed by atoms with E-state index in [4.69, 9.17) is 0 Å². The number of benzene rings is 2. The van der Waals surface area contributed by atoms with Gasteiger partial charge in [-0.2, -0.15) is 0 Å². The predicted octanol–water partition coefficient (Wildman–Crippen LogP) is 2.88. The van der Waals surface area contributed by atoms with E-state index in [1.165, 1.54) is 6.42 Å². The molecule has 0 aromatic heterocycles. The van der Waals surface area contributed by atoms with Crippen LogP contribution < -0.4 is 5.32 Å². The monoisotopic (exact) mass is 336 g/mol. The van der Waals surface area contributed by atoms with E-state index in [0.717, 1.165) is 36.0 Å². The highest BCUT2D eigenvalue weighted by atomic mass is 16.2. The van der Waals surface area contributed by atoms with Crippen LogP contribution in [0.2, 0.25) is 0 Å². The first-order valence-electron chi connectivity index (χ1n) is 8.82. The van der Waals surface area contributed by atoms with Crippen LogP contribution in [-0.4, -0.2) is 35.2 Å². The summed E-state index contributed by atoms with van der Waals surface area (Å²) in [6.07, 6.45) is 5.37. The molecule has 0 saturated heterocycles. The lowest BCUT2D eigenvalue weighted by Gasteiger charge is -2.28. The van der Waals surface area contributed by atoms with E-state index in [1.54, 1.807) is 24.3 Å². The van der Waals surface area contributed by atoms with Crippen molar-refractivity contribution in [1.29, 1.82) is 0 Å². The molecule has 0 atom stereocenters. The second kappa shape index (κ2) is 6.31. The van der Waals surface area contributed by atoms with Gasteiger partial charge in [0, 0.05) is 22.6 Å². The quantitative estimate of drug-likeness (QED) is 0.877. The zero-order valence-corrected chi connectivity index (χ0v) is 14.0. The number of carbonyl (C=O) groups excluding carboxylic acids is 3. The molecule has 1 heterocycles. The summed E-state index contributed by atoms with van der Waals surface area (Å²) in [5, 5.41) is 4.52. The number of carbonyl (C=O) groups is 3. The van der Waals surface area contributed by atoms with Crippen LogP contribution in [0.3, 0.4) is 0 Å². The molecule has 2 aromatic rings. The fraction of sp³-hybridized carbons (Fsp3) is 0.350. The van der Waals surface area contributed by atoms with Crippen LogP contribution >= 0.6 is 0 Å². The normalized spacial score (nSPS) is 17.8. The summed E-state index contributed by atoms with van der Waals surface area (Å²) in [6, 6.07) is 11.0. The number of hydrogen-bond donors (Lipinski definition) is 1. The van der Waals surface area contributed by atoms with Gasteiger partial charge < -0.3 is 5.32 Å². The van der Waals surface area contributed by atoms with Gasteiger partial charge in [-0.05, 0) is 30.4 Å². The molecule has 25 heavy (non-hydrogen) atoms. The van der Waals surface area contributed by atoms with E-state index in [9.17, 15) is 14.4 Å². The van der Waals surface area contributed by atoms with E-state index >= 15 is 0 Å². The zero-order chi connectivity index (χ0) is 17.4. The first-order chi connectivity index (χ1) is 12.1. The molecular weight excluding hydrogens is 316 g/mol. The SMILES string of the molecule is O=C(CN1C(=O)c2cccc3cccc(c23)C1=O)NC1CCCCC1. The molecule has 128 valence electrons. The topological polar surface area (TPSA) is 66.5 Å². The van der Waals surface area contributed by atoms with Crippen LogP contribution in [-0.2, 0) is 4.79 Å². The molecule has 0 bridgehead atoms. The van der Waals surface area contributed by atoms with Crippen LogP contribution in [0.5, 0.6) is 0 Å². The summed E-state index contributed by atoms with van der Waals surface area (Å²) < 4.78 is 0. The Bertz CT molecular complexity index is 818. The minimum atomic E-state index is -0.395. The number of hydrogen-bond acceptors (Lipinski definition) is 3. The molecule has 1 fully saturated rings. The summed E-state index contributed by atoms with van der Waals surface area (Å²) in [4.78, 5) is 39.0. The van der Waals surface area contributed by atoms with Crippen LogP contribution in [0.15, 0.2) is 36.4 Å². The van der Waals surface area contributed by atoms with Gasteiger partial charge in [0.2, 0.25) is 5.91 Å². The van der Waals surface area contributed by atoms with E-state index in [2.05, 4.69) is 5.32 Å². The Morgan fingerprint density at radius 3 is 2.16 bits per heavy atom. The van der Waals surface area contributed by atoms with Gasteiger partial charge in [0.25, 0.3) is 11.8 Å². The van der Waals surface area contributed by atoms with Crippen molar-refractivity contribution in [3.05, 3.63) is 47.5 Å². The first-order valence-corrected chi connectivity index (χ1v) is 8.82. The molecule has 0 radical (unpaired) electrons. The highest BCUT2D eigenvalue weighted by Crippen LogP contribution is 2.29. The second-order valence-corrected chi connectivity index (χ2v) is 6.81. The highest BCUT2D eigenvalue weighted by Gasteiger charge is 2.34. The van der Waals surface area contributed by atoms with Gasteiger partial charge in [0.15, 0.2) is 0 Å². The van der Waals surface area contributed by atoms with E-state index in [0.29, 0.717) is 16.5 Å². The molecule has 0 spiro atoms. The predicted molar refractivity (Wildman–Crippen MR) is 94.3 cm³/mol. The largest absolute Gasteiger partial charge is 0.352 e. The van der Waals surface area contributed by atoms with Gasteiger partial charge in [-0.15, -0.1) is 0 Å². The van der Waals surface area contributed by atoms with Crippen molar-refractivity contribution in [2.24, 2.45) is 0 Å². The second-order valence-electron chi connectivity index (χ2n) is 6.81. The maximum Gasteiger partial charge on any atom is 0.261 e. The zero-order valence-electron chi connectivity index (χ0n) is 14.0. The third-order valence-electron chi connectivity index (χ3n) is 5.13. The Kier molecular flexibility index (Phi) is 3.99.